The van der Waals surface area contributed by atoms with E-state index in [4.69, 9.17) is 4.74 Å². The molecule has 1 aromatic rings. The van der Waals surface area contributed by atoms with E-state index in [1.165, 1.54) is 89.2 Å². The predicted molar refractivity (Wildman–Crippen MR) is 135 cm³/mol. The van der Waals surface area contributed by atoms with Crippen LogP contribution < -0.4 is 4.74 Å². The van der Waals surface area contributed by atoms with Crippen molar-refractivity contribution in [2.24, 2.45) is 0 Å². The van der Waals surface area contributed by atoms with Crippen LogP contribution in [0.1, 0.15) is 121 Å². The van der Waals surface area contributed by atoms with Crippen LogP contribution in [0.5, 0.6) is 5.75 Å². The van der Waals surface area contributed by atoms with E-state index in [2.05, 4.69) is 13.0 Å². The van der Waals surface area contributed by atoms with Crippen LogP contribution in [0.2, 0.25) is 0 Å². The molecule has 0 bridgehead atoms. The number of rotatable bonds is 20. The monoisotopic (exact) mass is 461 g/mol. The lowest BCUT2D eigenvalue weighted by atomic mass is 10.0. The van der Waals surface area contributed by atoms with Crippen LogP contribution in [0.4, 0.5) is 5.69 Å². The summed E-state index contributed by atoms with van der Waals surface area (Å²) in [7, 11) is 0. The molecule has 6 nitrogen and oxygen atoms in total. The summed E-state index contributed by atoms with van der Waals surface area (Å²) in [5.74, 6) is 0.139. The van der Waals surface area contributed by atoms with Crippen LogP contribution in [0.3, 0.4) is 0 Å². The van der Waals surface area contributed by atoms with Gasteiger partial charge in [0.2, 0.25) is 0 Å². The molecule has 0 heterocycles. The first-order valence-electron chi connectivity index (χ1n) is 13.2. The van der Waals surface area contributed by atoms with Crippen LogP contribution in [-0.2, 0) is 0 Å². The number of carbonyl (C=O) groups excluding carboxylic acids is 1. The summed E-state index contributed by atoms with van der Waals surface area (Å²) in [6.45, 7) is 7.62. The summed E-state index contributed by atoms with van der Waals surface area (Å²) in [5.41, 5.74) is 0.0314. The zero-order valence-corrected chi connectivity index (χ0v) is 21.2. The molecular formula is C27H45N2O4. The molecule has 6 heteroatoms. The SMILES string of the molecule is CCCCCCCCCCCCCCCCOc1c[c]c([N+](=O)[O-])cc1C(=O)N(CC)CC. The lowest BCUT2D eigenvalue weighted by Gasteiger charge is -2.20. The maximum absolute atomic E-state index is 12.8. The van der Waals surface area contributed by atoms with Gasteiger partial charge in [-0.05, 0) is 26.3 Å². The third-order valence-corrected chi connectivity index (χ3v) is 6.13. The van der Waals surface area contributed by atoms with Gasteiger partial charge in [0.1, 0.15) is 5.75 Å². The van der Waals surface area contributed by atoms with Gasteiger partial charge in [-0.2, -0.15) is 0 Å². The topological polar surface area (TPSA) is 72.7 Å². The predicted octanol–water partition coefficient (Wildman–Crippen LogP) is 7.74. The fraction of sp³-hybridized carbons (Fsp3) is 0.741. The highest BCUT2D eigenvalue weighted by atomic mass is 16.6. The van der Waals surface area contributed by atoms with Gasteiger partial charge < -0.3 is 9.64 Å². The second kappa shape index (κ2) is 18.3. The number of nitro benzene ring substituents is 1. The van der Waals surface area contributed by atoms with E-state index in [1.807, 2.05) is 13.8 Å². The Morgan fingerprint density at radius 3 is 1.82 bits per heavy atom. The molecule has 1 amide bonds. The van der Waals surface area contributed by atoms with Gasteiger partial charge in [0.15, 0.2) is 0 Å². The first-order chi connectivity index (χ1) is 16.0. The first-order valence-corrected chi connectivity index (χ1v) is 13.2. The van der Waals surface area contributed by atoms with Gasteiger partial charge in [-0.1, -0.05) is 90.4 Å². The van der Waals surface area contributed by atoms with Crippen molar-refractivity contribution in [2.75, 3.05) is 19.7 Å². The Morgan fingerprint density at radius 1 is 0.879 bits per heavy atom. The molecule has 187 valence electrons. The molecule has 33 heavy (non-hydrogen) atoms. The fourth-order valence-electron chi connectivity index (χ4n) is 4.02. The lowest BCUT2D eigenvalue weighted by Crippen LogP contribution is -2.30. The van der Waals surface area contributed by atoms with E-state index < -0.39 is 4.92 Å². The van der Waals surface area contributed by atoms with Crippen molar-refractivity contribution in [3.63, 3.8) is 0 Å². The molecular weight excluding hydrogens is 416 g/mol. The number of hydrogen-bond acceptors (Lipinski definition) is 4. The van der Waals surface area contributed by atoms with Gasteiger partial charge in [-0.15, -0.1) is 0 Å². The number of unbranched alkanes of at least 4 members (excludes halogenated alkanes) is 13. The van der Waals surface area contributed by atoms with Crippen molar-refractivity contribution in [3.05, 3.63) is 33.9 Å². The molecule has 0 saturated heterocycles. The lowest BCUT2D eigenvalue weighted by molar-refractivity contribution is -0.385. The number of carbonyl (C=O) groups is 1. The van der Waals surface area contributed by atoms with Crippen molar-refractivity contribution in [1.82, 2.24) is 4.90 Å². The Labute approximate surface area is 201 Å². The molecule has 1 rings (SSSR count). The van der Waals surface area contributed by atoms with Gasteiger partial charge in [0.05, 0.1) is 23.2 Å². The Balaban J connectivity index is 2.25. The number of hydrogen-bond donors (Lipinski definition) is 0. The smallest absolute Gasteiger partial charge is 0.278 e. The quantitative estimate of drug-likeness (QED) is 0.113. The van der Waals surface area contributed by atoms with E-state index in [-0.39, 0.29) is 17.2 Å². The Hall–Kier alpha value is -2.11. The molecule has 0 spiro atoms. The zero-order valence-electron chi connectivity index (χ0n) is 21.2. The zero-order chi connectivity index (χ0) is 24.3. The van der Waals surface area contributed by atoms with Crippen LogP contribution >= 0.6 is 0 Å². The summed E-state index contributed by atoms with van der Waals surface area (Å²) in [6.07, 6.45) is 18.1. The molecule has 0 saturated carbocycles. The van der Waals surface area contributed by atoms with Crippen molar-refractivity contribution in [1.29, 1.82) is 0 Å². The third-order valence-electron chi connectivity index (χ3n) is 6.13. The maximum Gasteiger partial charge on any atom is 0.278 e. The Bertz CT molecular complexity index is 674. The summed E-state index contributed by atoms with van der Waals surface area (Å²) in [6, 6.07) is 5.32. The molecule has 0 unspecified atom stereocenters. The summed E-state index contributed by atoms with van der Waals surface area (Å²) in [4.78, 5) is 25.0. The van der Waals surface area contributed by atoms with Crippen LogP contribution in [-0.4, -0.2) is 35.4 Å². The van der Waals surface area contributed by atoms with Crippen molar-refractivity contribution < 1.29 is 14.5 Å². The number of nitro groups is 1. The highest BCUT2D eigenvalue weighted by Crippen LogP contribution is 2.25. The highest BCUT2D eigenvalue weighted by molar-refractivity contribution is 5.97. The summed E-state index contributed by atoms with van der Waals surface area (Å²) < 4.78 is 5.84. The molecule has 0 aliphatic rings. The largest absolute Gasteiger partial charge is 0.493 e. The van der Waals surface area contributed by atoms with Gasteiger partial charge in [-0.3, -0.25) is 14.9 Å². The fourth-order valence-corrected chi connectivity index (χ4v) is 4.02. The highest BCUT2D eigenvalue weighted by Gasteiger charge is 2.21. The van der Waals surface area contributed by atoms with Gasteiger partial charge in [0.25, 0.3) is 11.6 Å². The minimum Gasteiger partial charge on any atom is -0.493 e. The molecule has 0 aliphatic carbocycles. The van der Waals surface area contributed by atoms with Gasteiger partial charge >= 0.3 is 0 Å². The van der Waals surface area contributed by atoms with Crippen molar-refractivity contribution >= 4 is 11.6 Å². The third kappa shape index (κ3) is 12.1. The van der Waals surface area contributed by atoms with Crippen LogP contribution in [0.15, 0.2) is 12.1 Å². The molecule has 0 fully saturated rings. The molecule has 1 radical (unpaired) electrons. The van der Waals surface area contributed by atoms with E-state index in [0.717, 1.165) is 12.8 Å². The van der Waals surface area contributed by atoms with Gasteiger partial charge in [-0.25, -0.2) is 0 Å². The standard InChI is InChI=1S/C27H45N2O4/c1-4-7-8-9-10-11-12-13-14-15-16-17-18-19-22-33-26-21-20-24(29(31)32)23-25(26)27(30)28(5-2)6-3/h21,23H,4-19,22H2,1-3H3. The Morgan fingerprint density at radius 2 is 1.36 bits per heavy atom. The Kier molecular flexibility index (Phi) is 16.1. The van der Waals surface area contributed by atoms with E-state index in [1.54, 1.807) is 4.90 Å². The van der Waals surface area contributed by atoms with E-state index in [0.29, 0.717) is 25.4 Å². The first kappa shape index (κ1) is 28.9. The molecule has 0 aromatic heterocycles. The van der Waals surface area contributed by atoms with Crippen molar-refractivity contribution in [2.45, 2.75) is 111 Å². The minimum atomic E-state index is -0.531. The molecule has 0 atom stereocenters. The normalized spacial score (nSPS) is 10.9. The molecule has 1 aromatic carbocycles. The van der Waals surface area contributed by atoms with Crippen LogP contribution in [0, 0.1) is 16.2 Å². The van der Waals surface area contributed by atoms with Gasteiger partial charge in [0, 0.05) is 19.2 Å². The second-order valence-corrected chi connectivity index (χ2v) is 8.78. The molecule has 0 aliphatic heterocycles. The minimum absolute atomic E-state index is 0.214. The number of ether oxygens (including phenoxy) is 1. The maximum atomic E-state index is 12.8. The average Bonchev–Trinajstić information content (AvgIpc) is 2.82. The number of nitrogens with zero attached hydrogens (tertiary/aromatic N) is 2. The van der Waals surface area contributed by atoms with Crippen molar-refractivity contribution in [3.8, 4) is 5.75 Å². The number of amides is 1. The number of benzene rings is 1. The van der Waals surface area contributed by atoms with E-state index >= 15 is 0 Å². The van der Waals surface area contributed by atoms with Crippen LogP contribution in [0.25, 0.3) is 0 Å². The van der Waals surface area contributed by atoms with E-state index in [9.17, 15) is 14.9 Å². The summed E-state index contributed by atoms with van der Waals surface area (Å²) in [5, 5.41) is 11.1. The second-order valence-electron chi connectivity index (χ2n) is 8.78. The number of non-ortho nitro benzene ring substituents is 1. The summed E-state index contributed by atoms with van der Waals surface area (Å²) >= 11 is 0. The average molecular weight is 462 g/mol. The molecule has 0 N–H and O–H groups in total.